The molecule has 2 aromatic carbocycles. The molecule has 26 heavy (non-hydrogen) atoms. The summed E-state index contributed by atoms with van der Waals surface area (Å²) in [5.41, 5.74) is 2.57. The minimum absolute atomic E-state index is 0.282. The van der Waals surface area contributed by atoms with Crippen LogP contribution in [0.5, 0.6) is 0 Å². The van der Waals surface area contributed by atoms with Gasteiger partial charge in [-0.2, -0.15) is 0 Å². The van der Waals surface area contributed by atoms with E-state index in [1.54, 1.807) is 0 Å². The van der Waals surface area contributed by atoms with Crippen molar-refractivity contribution in [1.82, 2.24) is 0 Å². The maximum Gasteiger partial charge on any atom is 0.0956 e. The Morgan fingerprint density at radius 3 is 2.62 bits per heavy atom. The first-order valence-corrected chi connectivity index (χ1v) is 10.5. The molecule has 0 aliphatic heterocycles. The molecule has 2 heteroatoms. The van der Waals surface area contributed by atoms with Crippen molar-refractivity contribution in [1.29, 1.82) is 0 Å². The van der Waals surface area contributed by atoms with Crippen LogP contribution in [0.1, 0.15) is 51.5 Å². The van der Waals surface area contributed by atoms with Crippen LogP contribution in [-0.4, -0.2) is 5.11 Å². The molecule has 5 atom stereocenters. The summed E-state index contributed by atoms with van der Waals surface area (Å²) >= 11 is 6.26. The van der Waals surface area contributed by atoms with E-state index in [1.807, 2.05) is 18.2 Å². The zero-order valence-electron chi connectivity index (χ0n) is 15.8. The van der Waals surface area contributed by atoms with Gasteiger partial charge in [0, 0.05) is 5.02 Å². The lowest BCUT2D eigenvalue weighted by Gasteiger charge is -2.53. The second-order valence-electron chi connectivity index (χ2n) is 8.56. The fraction of sp³-hybridized carbons (Fsp3) is 0.500. The highest BCUT2D eigenvalue weighted by atomic mass is 35.5. The van der Waals surface area contributed by atoms with E-state index in [4.69, 9.17) is 11.6 Å². The first kappa shape index (κ1) is 18.1. The SMILES string of the molecule is CCC1CC2CC(C)C(O)(c3ccccc3-c3cccc(Cl)c3)C(C1)C2. The Morgan fingerprint density at radius 2 is 1.85 bits per heavy atom. The van der Waals surface area contributed by atoms with Crippen molar-refractivity contribution < 1.29 is 5.11 Å². The lowest BCUT2D eigenvalue weighted by molar-refractivity contribution is -0.133. The van der Waals surface area contributed by atoms with E-state index in [9.17, 15) is 5.11 Å². The Hall–Kier alpha value is -1.31. The molecule has 2 fully saturated rings. The number of hydrogen-bond donors (Lipinski definition) is 1. The predicted molar refractivity (Wildman–Crippen MR) is 109 cm³/mol. The van der Waals surface area contributed by atoms with E-state index in [-0.39, 0.29) is 5.92 Å². The molecule has 2 aliphatic rings. The molecule has 0 saturated heterocycles. The zero-order valence-corrected chi connectivity index (χ0v) is 16.5. The van der Waals surface area contributed by atoms with Gasteiger partial charge in [-0.25, -0.2) is 0 Å². The lowest BCUT2D eigenvalue weighted by Crippen LogP contribution is -2.50. The smallest absolute Gasteiger partial charge is 0.0956 e. The van der Waals surface area contributed by atoms with E-state index in [0.29, 0.717) is 5.92 Å². The zero-order chi connectivity index (χ0) is 18.3. The second kappa shape index (κ2) is 7.02. The third-order valence-corrected chi connectivity index (χ3v) is 7.27. The standard InChI is InChI=1S/C24H29ClO/c1-3-17-12-18-11-16(2)24(26,20(13-17)14-18)23-10-5-4-9-22(23)19-7-6-8-21(25)15-19/h4-10,15-18,20,26H,3,11-14H2,1-2H3. The van der Waals surface area contributed by atoms with Gasteiger partial charge in [0.1, 0.15) is 0 Å². The molecule has 2 aliphatic carbocycles. The maximum absolute atomic E-state index is 12.1. The molecular weight excluding hydrogens is 340 g/mol. The van der Waals surface area contributed by atoms with Crippen LogP contribution in [0.3, 0.4) is 0 Å². The van der Waals surface area contributed by atoms with E-state index in [2.05, 4.69) is 44.2 Å². The molecule has 4 rings (SSSR count). The maximum atomic E-state index is 12.1. The number of benzene rings is 2. The summed E-state index contributed by atoms with van der Waals surface area (Å²) in [6.07, 6.45) is 6.03. The Kier molecular flexibility index (Phi) is 4.88. The largest absolute Gasteiger partial charge is 0.385 e. The monoisotopic (exact) mass is 368 g/mol. The van der Waals surface area contributed by atoms with Gasteiger partial charge in [-0.1, -0.05) is 68.3 Å². The van der Waals surface area contributed by atoms with Crippen molar-refractivity contribution in [3.8, 4) is 11.1 Å². The van der Waals surface area contributed by atoms with Gasteiger partial charge in [-0.05, 0) is 78.2 Å². The van der Waals surface area contributed by atoms with Crippen LogP contribution in [0, 0.1) is 23.7 Å². The molecule has 0 radical (unpaired) electrons. The van der Waals surface area contributed by atoms with Crippen LogP contribution in [0.4, 0.5) is 0 Å². The number of hydrogen-bond acceptors (Lipinski definition) is 1. The normalized spacial score (nSPS) is 33.8. The van der Waals surface area contributed by atoms with Gasteiger partial charge >= 0.3 is 0 Å². The molecule has 0 heterocycles. The van der Waals surface area contributed by atoms with Crippen molar-refractivity contribution >= 4 is 11.6 Å². The Labute approximate surface area is 162 Å². The molecule has 2 aromatic rings. The Balaban J connectivity index is 1.81. The van der Waals surface area contributed by atoms with Gasteiger partial charge in [0.2, 0.25) is 0 Å². The van der Waals surface area contributed by atoms with Gasteiger partial charge < -0.3 is 5.11 Å². The number of aliphatic hydroxyl groups is 1. The van der Waals surface area contributed by atoms with Crippen LogP contribution in [0.25, 0.3) is 11.1 Å². The van der Waals surface area contributed by atoms with E-state index in [0.717, 1.165) is 46.4 Å². The quantitative estimate of drug-likeness (QED) is 0.640. The van der Waals surface area contributed by atoms with Crippen molar-refractivity contribution in [2.45, 2.75) is 51.6 Å². The topological polar surface area (TPSA) is 20.2 Å². The fourth-order valence-corrected chi connectivity index (χ4v) is 5.95. The Morgan fingerprint density at radius 1 is 1.04 bits per heavy atom. The van der Waals surface area contributed by atoms with Crippen molar-refractivity contribution in [2.75, 3.05) is 0 Å². The summed E-state index contributed by atoms with van der Waals surface area (Å²) in [6, 6.07) is 16.4. The Bertz CT molecular complexity index is 783. The molecule has 0 aromatic heterocycles. The second-order valence-corrected chi connectivity index (χ2v) is 9.00. The molecule has 0 spiro atoms. The van der Waals surface area contributed by atoms with Crippen LogP contribution in [0.2, 0.25) is 5.02 Å². The highest BCUT2D eigenvalue weighted by molar-refractivity contribution is 6.30. The third-order valence-electron chi connectivity index (χ3n) is 7.03. The van der Waals surface area contributed by atoms with Crippen LogP contribution in [0.15, 0.2) is 48.5 Å². The minimum atomic E-state index is -0.747. The van der Waals surface area contributed by atoms with Crippen molar-refractivity contribution in [3.63, 3.8) is 0 Å². The van der Waals surface area contributed by atoms with Gasteiger partial charge in [0.15, 0.2) is 0 Å². The molecule has 1 N–H and O–H groups in total. The summed E-state index contributed by atoms with van der Waals surface area (Å²) in [7, 11) is 0. The number of halogens is 1. The van der Waals surface area contributed by atoms with Crippen LogP contribution >= 0.6 is 11.6 Å². The highest BCUT2D eigenvalue weighted by Crippen LogP contribution is 2.56. The highest BCUT2D eigenvalue weighted by Gasteiger charge is 2.51. The van der Waals surface area contributed by atoms with Gasteiger partial charge in [0.25, 0.3) is 0 Å². The van der Waals surface area contributed by atoms with Crippen LogP contribution in [-0.2, 0) is 5.60 Å². The van der Waals surface area contributed by atoms with E-state index < -0.39 is 5.60 Å². The number of rotatable bonds is 3. The predicted octanol–water partition coefficient (Wildman–Crippen LogP) is 6.68. The minimum Gasteiger partial charge on any atom is -0.385 e. The summed E-state index contributed by atoms with van der Waals surface area (Å²) in [5.74, 6) is 2.18. The van der Waals surface area contributed by atoms with Crippen LogP contribution < -0.4 is 0 Å². The first-order chi connectivity index (χ1) is 12.5. The van der Waals surface area contributed by atoms with Gasteiger partial charge in [0.05, 0.1) is 5.60 Å². The molecule has 138 valence electrons. The van der Waals surface area contributed by atoms with E-state index >= 15 is 0 Å². The molecule has 2 bridgehead atoms. The first-order valence-electron chi connectivity index (χ1n) is 10.1. The van der Waals surface area contributed by atoms with Gasteiger partial charge in [-0.15, -0.1) is 0 Å². The molecule has 1 nitrogen and oxygen atoms in total. The van der Waals surface area contributed by atoms with Crippen molar-refractivity contribution in [2.24, 2.45) is 23.7 Å². The number of fused-ring (bicyclic) bond motifs is 2. The molecule has 2 saturated carbocycles. The van der Waals surface area contributed by atoms with Crippen molar-refractivity contribution in [3.05, 3.63) is 59.1 Å². The lowest BCUT2D eigenvalue weighted by atomic mass is 9.55. The van der Waals surface area contributed by atoms with E-state index in [1.165, 1.54) is 19.3 Å². The summed E-state index contributed by atoms with van der Waals surface area (Å²) in [6.45, 7) is 4.55. The third kappa shape index (κ3) is 3.00. The average Bonchev–Trinajstić information content (AvgIpc) is 2.66. The average molecular weight is 369 g/mol. The van der Waals surface area contributed by atoms with Gasteiger partial charge in [-0.3, -0.25) is 0 Å². The summed E-state index contributed by atoms with van der Waals surface area (Å²) < 4.78 is 0. The summed E-state index contributed by atoms with van der Waals surface area (Å²) in [4.78, 5) is 0. The molecule has 5 unspecified atom stereocenters. The fourth-order valence-electron chi connectivity index (χ4n) is 5.76. The molecule has 0 amide bonds. The molecular formula is C24H29ClO. The summed E-state index contributed by atoms with van der Waals surface area (Å²) in [5, 5.41) is 12.9.